The Morgan fingerprint density at radius 2 is 2.26 bits per heavy atom. The summed E-state index contributed by atoms with van der Waals surface area (Å²) in [5, 5.41) is 0.827. The predicted molar refractivity (Wildman–Crippen MR) is 101 cm³/mol. The number of likely N-dealkylation sites (tertiary alicyclic amines) is 1. The predicted octanol–water partition coefficient (Wildman–Crippen LogP) is 3.77. The molecule has 3 aromatic rings. The number of benzene rings is 1. The number of aromatic nitrogens is 1. The summed E-state index contributed by atoms with van der Waals surface area (Å²) in [6.45, 7) is 2.97. The van der Waals surface area contributed by atoms with Crippen LogP contribution in [0.25, 0.3) is 10.9 Å². The number of rotatable bonds is 5. The van der Waals surface area contributed by atoms with Crippen LogP contribution in [0.2, 0.25) is 0 Å². The van der Waals surface area contributed by atoms with Crippen LogP contribution in [-0.4, -0.2) is 40.8 Å². The second-order valence-electron chi connectivity index (χ2n) is 7.37. The SMILES string of the molecule is CN(Cc1cc2cc(F)ccc2[nH]1)C(=O)[C@H]1CCCN(Cc2ccco2)C1. The van der Waals surface area contributed by atoms with Crippen LogP contribution in [0.15, 0.2) is 47.1 Å². The molecular formula is C21H24FN3O2. The van der Waals surface area contributed by atoms with Crippen molar-refractivity contribution in [2.75, 3.05) is 20.1 Å². The molecule has 6 heteroatoms. The maximum Gasteiger partial charge on any atom is 0.227 e. The Kier molecular flexibility index (Phi) is 4.99. The summed E-state index contributed by atoms with van der Waals surface area (Å²) in [5.74, 6) is 0.836. The molecule has 1 saturated heterocycles. The highest BCUT2D eigenvalue weighted by atomic mass is 19.1. The minimum absolute atomic E-state index is 0.000495. The molecule has 142 valence electrons. The van der Waals surface area contributed by atoms with Crippen LogP contribution >= 0.6 is 0 Å². The second kappa shape index (κ2) is 7.56. The number of halogens is 1. The van der Waals surface area contributed by atoms with E-state index in [1.807, 2.05) is 25.2 Å². The zero-order chi connectivity index (χ0) is 18.8. The van der Waals surface area contributed by atoms with E-state index >= 15 is 0 Å². The summed E-state index contributed by atoms with van der Waals surface area (Å²) in [6, 6.07) is 10.4. The van der Waals surface area contributed by atoms with E-state index in [1.54, 1.807) is 17.2 Å². The first-order valence-corrected chi connectivity index (χ1v) is 9.35. The average molecular weight is 369 g/mol. The van der Waals surface area contributed by atoms with Gasteiger partial charge < -0.3 is 14.3 Å². The van der Waals surface area contributed by atoms with Gasteiger partial charge in [0.05, 0.1) is 25.3 Å². The Morgan fingerprint density at radius 1 is 1.37 bits per heavy atom. The molecule has 0 saturated carbocycles. The Labute approximate surface area is 157 Å². The molecule has 1 aromatic carbocycles. The van der Waals surface area contributed by atoms with E-state index in [-0.39, 0.29) is 17.6 Å². The second-order valence-corrected chi connectivity index (χ2v) is 7.37. The standard InChI is InChI=1S/C21H24FN3O2/c1-24(13-18-11-16-10-17(22)6-7-20(16)23-18)21(26)15-4-2-8-25(12-15)14-19-5-3-9-27-19/h3,5-7,9-11,15,23H,2,4,8,12-14H2,1H3/t15-/m0/s1. The smallest absolute Gasteiger partial charge is 0.227 e. The van der Waals surface area contributed by atoms with Crippen LogP contribution in [0.1, 0.15) is 24.3 Å². The van der Waals surface area contributed by atoms with Gasteiger partial charge in [0, 0.05) is 30.2 Å². The van der Waals surface area contributed by atoms with Gasteiger partial charge in [-0.25, -0.2) is 4.39 Å². The van der Waals surface area contributed by atoms with Gasteiger partial charge in [-0.2, -0.15) is 0 Å². The van der Waals surface area contributed by atoms with Crippen molar-refractivity contribution in [3.63, 3.8) is 0 Å². The number of furan rings is 1. The highest BCUT2D eigenvalue weighted by Gasteiger charge is 2.28. The van der Waals surface area contributed by atoms with Gasteiger partial charge in [0.25, 0.3) is 0 Å². The van der Waals surface area contributed by atoms with Crippen molar-refractivity contribution in [1.29, 1.82) is 0 Å². The number of hydrogen-bond acceptors (Lipinski definition) is 3. The van der Waals surface area contributed by atoms with Crippen LogP contribution in [0.5, 0.6) is 0 Å². The topological polar surface area (TPSA) is 52.5 Å². The Balaban J connectivity index is 1.38. The lowest BCUT2D eigenvalue weighted by molar-refractivity contribution is -0.136. The van der Waals surface area contributed by atoms with Crippen molar-refractivity contribution in [2.45, 2.75) is 25.9 Å². The number of nitrogens with one attached hydrogen (secondary N) is 1. The molecule has 1 aliphatic heterocycles. The maximum atomic E-state index is 13.4. The number of carbonyl (C=O) groups excluding carboxylic acids is 1. The molecule has 4 rings (SSSR count). The summed E-state index contributed by atoms with van der Waals surface area (Å²) in [4.78, 5) is 20.2. The molecular weight excluding hydrogens is 345 g/mol. The molecule has 0 bridgehead atoms. The number of piperidine rings is 1. The Hall–Kier alpha value is -2.60. The van der Waals surface area contributed by atoms with Gasteiger partial charge in [0.15, 0.2) is 0 Å². The molecule has 5 nitrogen and oxygen atoms in total. The lowest BCUT2D eigenvalue weighted by atomic mass is 9.96. The van der Waals surface area contributed by atoms with Gasteiger partial charge in [0.1, 0.15) is 11.6 Å². The van der Waals surface area contributed by atoms with Gasteiger partial charge in [-0.05, 0) is 55.8 Å². The molecule has 1 aliphatic rings. The number of amides is 1. The molecule has 1 atom stereocenters. The third-order valence-corrected chi connectivity index (χ3v) is 5.24. The zero-order valence-electron chi connectivity index (χ0n) is 15.5. The minimum atomic E-state index is -0.253. The first kappa shape index (κ1) is 17.8. The zero-order valence-corrected chi connectivity index (χ0v) is 15.5. The van der Waals surface area contributed by atoms with Crippen molar-refractivity contribution in [3.05, 3.63) is 59.9 Å². The number of H-pyrrole nitrogens is 1. The molecule has 0 spiro atoms. The number of aromatic amines is 1. The van der Waals surface area contributed by atoms with Gasteiger partial charge in [-0.3, -0.25) is 9.69 Å². The van der Waals surface area contributed by atoms with Crippen molar-refractivity contribution in [1.82, 2.24) is 14.8 Å². The number of carbonyl (C=O) groups is 1. The number of hydrogen-bond donors (Lipinski definition) is 1. The van der Waals surface area contributed by atoms with Crippen molar-refractivity contribution in [3.8, 4) is 0 Å². The van der Waals surface area contributed by atoms with Crippen LogP contribution in [0.3, 0.4) is 0 Å². The van der Waals surface area contributed by atoms with Crippen molar-refractivity contribution >= 4 is 16.8 Å². The van der Waals surface area contributed by atoms with Crippen LogP contribution < -0.4 is 0 Å². The third-order valence-electron chi connectivity index (χ3n) is 5.24. The highest BCUT2D eigenvalue weighted by molar-refractivity contribution is 5.81. The Bertz CT molecular complexity index is 919. The van der Waals surface area contributed by atoms with Gasteiger partial charge >= 0.3 is 0 Å². The van der Waals surface area contributed by atoms with Crippen LogP contribution in [-0.2, 0) is 17.9 Å². The molecule has 0 unspecified atom stereocenters. The molecule has 1 fully saturated rings. The molecule has 3 heterocycles. The quantitative estimate of drug-likeness (QED) is 0.745. The summed E-state index contributed by atoms with van der Waals surface area (Å²) >= 11 is 0. The fraction of sp³-hybridized carbons (Fsp3) is 0.381. The molecule has 0 aliphatic carbocycles. The summed E-state index contributed by atoms with van der Waals surface area (Å²) in [5.41, 5.74) is 1.80. The van der Waals surface area contributed by atoms with Gasteiger partial charge in [-0.1, -0.05) is 0 Å². The van der Waals surface area contributed by atoms with E-state index in [0.29, 0.717) is 6.54 Å². The normalized spacial score (nSPS) is 18.1. The minimum Gasteiger partial charge on any atom is -0.468 e. The largest absolute Gasteiger partial charge is 0.468 e. The van der Waals surface area contributed by atoms with E-state index in [2.05, 4.69) is 9.88 Å². The van der Waals surface area contributed by atoms with Crippen LogP contribution in [0, 0.1) is 11.7 Å². The third kappa shape index (κ3) is 4.06. The van der Waals surface area contributed by atoms with E-state index in [1.165, 1.54) is 12.1 Å². The fourth-order valence-electron chi connectivity index (χ4n) is 3.92. The van der Waals surface area contributed by atoms with Gasteiger partial charge in [-0.15, -0.1) is 0 Å². The monoisotopic (exact) mass is 369 g/mol. The van der Waals surface area contributed by atoms with E-state index < -0.39 is 0 Å². The first-order valence-electron chi connectivity index (χ1n) is 9.35. The Morgan fingerprint density at radius 3 is 3.07 bits per heavy atom. The molecule has 2 aromatic heterocycles. The molecule has 0 radical (unpaired) electrons. The number of fused-ring (bicyclic) bond motifs is 1. The molecule has 1 N–H and O–H groups in total. The molecule has 1 amide bonds. The first-order chi connectivity index (χ1) is 13.1. The highest BCUT2D eigenvalue weighted by Crippen LogP contribution is 2.22. The summed E-state index contributed by atoms with van der Waals surface area (Å²) in [7, 11) is 1.83. The van der Waals surface area contributed by atoms with Crippen molar-refractivity contribution < 1.29 is 13.6 Å². The van der Waals surface area contributed by atoms with E-state index in [0.717, 1.165) is 54.8 Å². The van der Waals surface area contributed by atoms with Crippen molar-refractivity contribution in [2.24, 2.45) is 5.92 Å². The molecule has 27 heavy (non-hydrogen) atoms. The van der Waals surface area contributed by atoms with Crippen LogP contribution in [0.4, 0.5) is 4.39 Å². The lowest BCUT2D eigenvalue weighted by Crippen LogP contribution is -2.43. The maximum absolute atomic E-state index is 13.4. The lowest BCUT2D eigenvalue weighted by Gasteiger charge is -2.33. The summed E-state index contributed by atoms with van der Waals surface area (Å²) in [6.07, 6.45) is 3.61. The van der Waals surface area contributed by atoms with E-state index in [9.17, 15) is 9.18 Å². The average Bonchev–Trinajstić information content (AvgIpc) is 3.30. The summed E-state index contributed by atoms with van der Waals surface area (Å²) < 4.78 is 18.8. The number of nitrogens with zero attached hydrogens (tertiary/aromatic N) is 2. The van der Waals surface area contributed by atoms with Gasteiger partial charge in [0.2, 0.25) is 5.91 Å². The van der Waals surface area contributed by atoms with E-state index in [4.69, 9.17) is 4.42 Å². The fourth-order valence-corrected chi connectivity index (χ4v) is 3.92.